The van der Waals surface area contributed by atoms with Crippen LogP contribution in [0.25, 0.3) is 11.0 Å². The molecule has 0 aliphatic rings. The fraction of sp³-hybridized carbons (Fsp3) is 0.150. The summed E-state index contributed by atoms with van der Waals surface area (Å²) < 4.78 is 17.1. The Morgan fingerprint density at radius 1 is 1.12 bits per heavy atom. The van der Waals surface area contributed by atoms with E-state index in [4.69, 9.17) is 13.9 Å². The molecule has 0 radical (unpaired) electrons. The van der Waals surface area contributed by atoms with Gasteiger partial charge < -0.3 is 13.9 Å². The first-order valence-electron chi connectivity index (χ1n) is 7.62. The molecule has 0 bridgehead atoms. The Bertz CT molecular complexity index is 939. The van der Waals surface area contributed by atoms with Gasteiger partial charge in [-0.05, 0) is 43.7 Å². The van der Waals surface area contributed by atoms with Gasteiger partial charge in [0.15, 0.2) is 0 Å². The molecule has 0 fully saturated rings. The normalized spacial score (nSPS) is 10.6. The van der Waals surface area contributed by atoms with Crippen LogP contribution in [0, 0.1) is 6.92 Å². The molecule has 0 aliphatic heterocycles. The van der Waals surface area contributed by atoms with E-state index in [0.29, 0.717) is 34.8 Å². The molecule has 0 spiro atoms. The smallest absolute Gasteiger partial charge is 0.235 e. The fourth-order valence-corrected chi connectivity index (χ4v) is 2.29. The molecule has 3 aromatic rings. The predicted octanol–water partition coefficient (Wildman–Crippen LogP) is 4.85. The van der Waals surface area contributed by atoms with Crippen molar-refractivity contribution in [2.24, 2.45) is 0 Å². The second-order valence-electron chi connectivity index (χ2n) is 5.64. The third-order valence-corrected chi connectivity index (χ3v) is 3.44. The van der Waals surface area contributed by atoms with Crippen LogP contribution in [-0.2, 0) is 0 Å². The maximum Gasteiger partial charge on any atom is 0.235 e. The van der Waals surface area contributed by atoms with E-state index >= 15 is 0 Å². The first-order chi connectivity index (χ1) is 11.5. The molecular formula is C20H18O4. The molecule has 0 amide bonds. The maximum absolute atomic E-state index is 12.7. The number of benzene rings is 2. The summed E-state index contributed by atoms with van der Waals surface area (Å²) in [6.45, 7) is 7.81. The number of para-hydroxylation sites is 1. The molecule has 3 rings (SSSR count). The van der Waals surface area contributed by atoms with Crippen molar-refractivity contribution in [3.05, 3.63) is 76.7 Å². The van der Waals surface area contributed by atoms with Crippen LogP contribution in [0.1, 0.15) is 12.7 Å². The molecule has 0 aliphatic carbocycles. The van der Waals surface area contributed by atoms with E-state index in [1.54, 1.807) is 37.3 Å². The van der Waals surface area contributed by atoms with E-state index in [1.807, 2.05) is 25.1 Å². The van der Waals surface area contributed by atoms with Gasteiger partial charge in [0, 0.05) is 6.07 Å². The zero-order chi connectivity index (χ0) is 17.1. The largest absolute Gasteiger partial charge is 0.489 e. The fourth-order valence-electron chi connectivity index (χ4n) is 2.29. The van der Waals surface area contributed by atoms with Crippen molar-refractivity contribution in [1.82, 2.24) is 0 Å². The number of hydrogen-bond acceptors (Lipinski definition) is 4. The molecule has 2 aromatic carbocycles. The number of rotatable bonds is 5. The summed E-state index contributed by atoms with van der Waals surface area (Å²) in [6, 6.07) is 14.3. The van der Waals surface area contributed by atoms with Gasteiger partial charge in [-0.3, -0.25) is 4.79 Å². The van der Waals surface area contributed by atoms with Gasteiger partial charge in [-0.2, -0.15) is 0 Å². The number of aryl methyl sites for hydroxylation is 1. The quantitative estimate of drug-likeness (QED) is 0.630. The van der Waals surface area contributed by atoms with Crippen LogP contribution < -0.4 is 14.9 Å². The molecule has 24 heavy (non-hydrogen) atoms. The lowest BCUT2D eigenvalue weighted by molar-refractivity contribution is 0.352. The van der Waals surface area contributed by atoms with Crippen LogP contribution in [0.15, 0.2) is 69.9 Å². The van der Waals surface area contributed by atoms with Crippen LogP contribution in [0.4, 0.5) is 0 Å². The summed E-state index contributed by atoms with van der Waals surface area (Å²) >= 11 is 0. The molecular weight excluding hydrogens is 304 g/mol. The lowest BCUT2D eigenvalue weighted by Crippen LogP contribution is -2.07. The van der Waals surface area contributed by atoms with E-state index in [0.717, 1.165) is 5.57 Å². The summed E-state index contributed by atoms with van der Waals surface area (Å²) in [5.41, 5.74) is 1.18. The highest BCUT2D eigenvalue weighted by Gasteiger charge is 2.14. The van der Waals surface area contributed by atoms with Crippen LogP contribution in [0.5, 0.6) is 17.2 Å². The molecule has 0 N–H and O–H groups in total. The van der Waals surface area contributed by atoms with Crippen molar-refractivity contribution in [1.29, 1.82) is 0 Å². The van der Waals surface area contributed by atoms with Crippen molar-refractivity contribution in [2.75, 3.05) is 6.61 Å². The van der Waals surface area contributed by atoms with Crippen molar-refractivity contribution < 1.29 is 13.9 Å². The topological polar surface area (TPSA) is 48.7 Å². The van der Waals surface area contributed by atoms with Gasteiger partial charge >= 0.3 is 0 Å². The molecule has 0 saturated heterocycles. The van der Waals surface area contributed by atoms with Gasteiger partial charge in [0.05, 0.1) is 5.39 Å². The Kier molecular flexibility index (Phi) is 4.38. The van der Waals surface area contributed by atoms with E-state index in [9.17, 15) is 4.79 Å². The summed E-state index contributed by atoms with van der Waals surface area (Å²) in [5, 5.41) is 0.453. The number of hydrogen-bond donors (Lipinski definition) is 0. The Morgan fingerprint density at radius 2 is 1.88 bits per heavy atom. The molecule has 1 aromatic heterocycles. The highest BCUT2D eigenvalue weighted by atomic mass is 16.5. The standard InChI is InChI=1S/C20H18O4/c1-13(2)12-22-16-9-10-17-18(11-16)23-14(3)20(19(17)21)24-15-7-5-4-6-8-15/h4-11H,1,12H2,2-3H3. The predicted molar refractivity (Wildman–Crippen MR) is 94.0 cm³/mol. The van der Waals surface area contributed by atoms with Crippen LogP contribution in [0.2, 0.25) is 0 Å². The monoisotopic (exact) mass is 322 g/mol. The Labute approximate surface area is 139 Å². The van der Waals surface area contributed by atoms with Gasteiger partial charge in [0.1, 0.15) is 29.4 Å². The summed E-state index contributed by atoms with van der Waals surface area (Å²) in [5.74, 6) is 1.84. The third-order valence-electron chi connectivity index (χ3n) is 3.44. The van der Waals surface area contributed by atoms with Gasteiger partial charge in [-0.1, -0.05) is 24.8 Å². The van der Waals surface area contributed by atoms with E-state index < -0.39 is 0 Å². The minimum atomic E-state index is -0.205. The minimum Gasteiger partial charge on any atom is -0.489 e. The van der Waals surface area contributed by atoms with Gasteiger partial charge in [-0.25, -0.2) is 0 Å². The average molecular weight is 322 g/mol. The zero-order valence-electron chi connectivity index (χ0n) is 13.7. The van der Waals surface area contributed by atoms with Crippen LogP contribution >= 0.6 is 0 Å². The summed E-state index contributed by atoms with van der Waals surface area (Å²) in [6.07, 6.45) is 0. The zero-order valence-corrected chi connectivity index (χ0v) is 13.7. The molecule has 0 atom stereocenters. The molecule has 0 saturated carbocycles. The second-order valence-corrected chi connectivity index (χ2v) is 5.64. The maximum atomic E-state index is 12.7. The Morgan fingerprint density at radius 3 is 2.58 bits per heavy atom. The van der Waals surface area contributed by atoms with E-state index in [2.05, 4.69) is 6.58 Å². The summed E-state index contributed by atoms with van der Waals surface area (Å²) in [7, 11) is 0. The lowest BCUT2D eigenvalue weighted by Gasteiger charge is -2.10. The highest BCUT2D eigenvalue weighted by molar-refractivity contribution is 5.79. The van der Waals surface area contributed by atoms with Crippen molar-refractivity contribution in [3.8, 4) is 17.2 Å². The molecule has 122 valence electrons. The first-order valence-corrected chi connectivity index (χ1v) is 7.62. The average Bonchev–Trinajstić information content (AvgIpc) is 2.57. The van der Waals surface area contributed by atoms with Crippen molar-refractivity contribution in [2.45, 2.75) is 13.8 Å². The van der Waals surface area contributed by atoms with Crippen molar-refractivity contribution >= 4 is 11.0 Å². The second kappa shape index (κ2) is 6.62. The number of fused-ring (bicyclic) bond motifs is 1. The lowest BCUT2D eigenvalue weighted by atomic mass is 10.2. The third kappa shape index (κ3) is 3.33. The minimum absolute atomic E-state index is 0.198. The van der Waals surface area contributed by atoms with Gasteiger partial charge in [0.2, 0.25) is 11.2 Å². The van der Waals surface area contributed by atoms with Gasteiger partial charge in [0.25, 0.3) is 0 Å². The van der Waals surface area contributed by atoms with Crippen molar-refractivity contribution in [3.63, 3.8) is 0 Å². The SMILES string of the molecule is C=C(C)COc1ccc2c(=O)c(Oc3ccccc3)c(C)oc2c1. The van der Waals surface area contributed by atoms with Gasteiger partial charge in [-0.15, -0.1) is 0 Å². The Balaban J connectivity index is 2.00. The highest BCUT2D eigenvalue weighted by Crippen LogP contribution is 2.27. The molecule has 1 heterocycles. The molecule has 4 nitrogen and oxygen atoms in total. The Hall–Kier alpha value is -3.01. The summed E-state index contributed by atoms with van der Waals surface area (Å²) in [4.78, 5) is 12.7. The van der Waals surface area contributed by atoms with Crippen LogP contribution in [0.3, 0.4) is 0 Å². The molecule has 4 heteroatoms. The first kappa shape index (κ1) is 15.9. The van der Waals surface area contributed by atoms with E-state index in [-0.39, 0.29) is 11.2 Å². The number of ether oxygens (including phenoxy) is 2. The molecule has 0 unspecified atom stereocenters. The van der Waals surface area contributed by atoms with E-state index in [1.165, 1.54) is 0 Å². The van der Waals surface area contributed by atoms with Crippen LogP contribution in [-0.4, -0.2) is 6.61 Å².